The van der Waals surface area contributed by atoms with Gasteiger partial charge >= 0.3 is 0 Å². The fourth-order valence-corrected chi connectivity index (χ4v) is 2.48. The van der Waals surface area contributed by atoms with Crippen molar-refractivity contribution in [3.63, 3.8) is 0 Å². The van der Waals surface area contributed by atoms with Crippen LogP contribution < -0.4 is 5.32 Å². The van der Waals surface area contributed by atoms with Gasteiger partial charge in [0.1, 0.15) is 5.54 Å². The van der Waals surface area contributed by atoms with Gasteiger partial charge in [0.15, 0.2) is 0 Å². The second-order valence-corrected chi connectivity index (χ2v) is 5.33. The van der Waals surface area contributed by atoms with Crippen molar-refractivity contribution in [2.24, 2.45) is 0 Å². The molecule has 0 bridgehead atoms. The molecule has 1 rings (SSSR count). The minimum absolute atomic E-state index is 0.164. The second kappa shape index (κ2) is 8.49. The van der Waals surface area contributed by atoms with E-state index in [1.165, 1.54) is 0 Å². The van der Waals surface area contributed by atoms with Gasteiger partial charge in [-0.2, -0.15) is 5.26 Å². The number of hydrogen-bond donors (Lipinski definition) is 1. The number of rotatable bonds is 9. The van der Waals surface area contributed by atoms with E-state index in [1.807, 2.05) is 0 Å². The summed E-state index contributed by atoms with van der Waals surface area (Å²) in [6.45, 7) is 6.50. The van der Waals surface area contributed by atoms with Crippen molar-refractivity contribution in [1.82, 2.24) is 5.32 Å². The molecule has 1 N–H and O–H groups in total. The lowest BCUT2D eigenvalue weighted by molar-refractivity contribution is -0.00540. The molecule has 0 radical (unpaired) electrons. The first-order valence-corrected chi connectivity index (χ1v) is 6.99. The van der Waals surface area contributed by atoms with Crippen molar-refractivity contribution in [1.29, 1.82) is 5.26 Å². The molecule has 2 atom stereocenters. The molecule has 0 aliphatic heterocycles. The smallest absolute Gasteiger partial charge is 0.109 e. The molecule has 1 saturated carbocycles. The molecule has 0 aromatic rings. The highest BCUT2D eigenvalue weighted by molar-refractivity contribution is 5.12. The van der Waals surface area contributed by atoms with Crippen molar-refractivity contribution >= 4 is 0 Å². The molecule has 0 spiro atoms. The Morgan fingerprint density at radius 1 is 1.32 bits per heavy atom. The van der Waals surface area contributed by atoms with Gasteiger partial charge in [-0.1, -0.05) is 0 Å². The van der Waals surface area contributed by atoms with Gasteiger partial charge in [0.2, 0.25) is 0 Å². The highest BCUT2D eigenvalue weighted by Gasteiger charge is 2.40. The van der Waals surface area contributed by atoms with E-state index in [4.69, 9.17) is 14.2 Å². The lowest BCUT2D eigenvalue weighted by Crippen LogP contribution is -2.45. The predicted octanol–water partition coefficient (Wildman–Crippen LogP) is 1.48. The molecule has 5 heteroatoms. The minimum atomic E-state index is -0.407. The van der Waals surface area contributed by atoms with Gasteiger partial charge in [0, 0.05) is 19.6 Å². The predicted molar refractivity (Wildman–Crippen MR) is 72.9 cm³/mol. The molecule has 0 heterocycles. The molecule has 1 fully saturated rings. The third kappa shape index (κ3) is 5.87. The lowest BCUT2D eigenvalue weighted by Gasteiger charge is -2.25. The largest absolute Gasteiger partial charge is 0.382 e. The molecular formula is C14H26N2O3. The highest BCUT2D eigenvalue weighted by atomic mass is 16.5. The fourth-order valence-electron chi connectivity index (χ4n) is 2.48. The molecule has 5 nitrogen and oxygen atoms in total. The molecule has 0 aromatic carbocycles. The van der Waals surface area contributed by atoms with Crippen molar-refractivity contribution < 1.29 is 14.2 Å². The summed E-state index contributed by atoms with van der Waals surface area (Å²) in [5.41, 5.74) is -0.407. The van der Waals surface area contributed by atoms with E-state index in [0.717, 1.165) is 19.3 Å². The van der Waals surface area contributed by atoms with E-state index in [2.05, 4.69) is 25.2 Å². The van der Waals surface area contributed by atoms with E-state index in [9.17, 15) is 5.26 Å². The Kier molecular flexibility index (Phi) is 7.32. The molecule has 110 valence electrons. The molecule has 0 aromatic heterocycles. The van der Waals surface area contributed by atoms with Crippen molar-refractivity contribution in [2.75, 3.05) is 33.5 Å². The number of methoxy groups -OCH3 is 1. The number of hydrogen-bond acceptors (Lipinski definition) is 5. The maximum atomic E-state index is 9.35. The van der Waals surface area contributed by atoms with Gasteiger partial charge < -0.3 is 14.2 Å². The first-order chi connectivity index (χ1) is 9.12. The number of nitrogens with one attached hydrogen (secondary N) is 1. The van der Waals surface area contributed by atoms with Gasteiger partial charge in [-0.25, -0.2) is 0 Å². The van der Waals surface area contributed by atoms with Crippen LogP contribution >= 0.6 is 0 Å². The normalized spacial score (nSPS) is 26.8. The monoisotopic (exact) mass is 270 g/mol. The van der Waals surface area contributed by atoms with E-state index in [1.54, 1.807) is 7.11 Å². The van der Waals surface area contributed by atoms with Gasteiger partial charge in [-0.05, 0) is 26.7 Å². The summed E-state index contributed by atoms with van der Waals surface area (Å²) in [6, 6.07) is 2.73. The summed E-state index contributed by atoms with van der Waals surface area (Å²) in [5.74, 6) is 0. The maximum Gasteiger partial charge on any atom is 0.109 e. The van der Waals surface area contributed by atoms with Crippen LogP contribution in [0.2, 0.25) is 0 Å². The molecular weight excluding hydrogens is 244 g/mol. The van der Waals surface area contributed by atoms with Crippen LogP contribution in [0.15, 0.2) is 0 Å². The van der Waals surface area contributed by atoms with Crippen molar-refractivity contribution in [3.8, 4) is 6.07 Å². The van der Waals surface area contributed by atoms with Crippen LogP contribution in [0.5, 0.6) is 0 Å². The first kappa shape index (κ1) is 16.4. The standard InChI is InChI=1S/C14H26N2O3/c1-12(2)16-14(11-15)5-4-13(10-14)19-9-8-18-7-6-17-3/h12-13,16H,4-10H2,1-3H3. The Morgan fingerprint density at radius 3 is 2.68 bits per heavy atom. The van der Waals surface area contributed by atoms with E-state index < -0.39 is 5.54 Å². The molecule has 2 unspecified atom stereocenters. The molecule has 1 aliphatic carbocycles. The van der Waals surface area contributed by atoms with Crippen LogP contribution in [0.1, 0.15) is 33.1 Å². The van der Waals surface area contributed by atoms with E-state index in [0.29, 0.717) is 32.5 Å². The average molecular weight is 270 g/mol. The summed E-state index contributed by atoms with van der Waals surface area (Å²) in [5, 5.41) is 12.7. The summed E-state index contributed by atoms with van der Waals surface area (Å²) in [4.78, 5) is 0. The van der Waals surface area contributed by atoms with Crippen LogP contribution in [0.3, 0.4) is 0 Å². The summed E-state index contributed by atoms with van der Waals surface area (Å²) in [6.07, 6.45) is 2.72. The Bertz CT molecular complexity index is 291. The van der Waals surface area contributed by atoms with Gasteiger partial charge in [0.05, 0.1) is 38.6 Å². The first-order valence-electron chi connectivity index (χ1n) is 6.99. The second-order valence-electron chi connectivity index (χ2n) is 5.33. The quantitative estimate of drug-likeness (QED) is 0.643. The third-order valence-corrected chi connectivity index (χ3v) is 3.26. The molecule has 0 saturated heterocycles. The highest BCUT2D eigenvalue weighted by Crippen LogP contribution is 2.31. The Hall–Kier alpha value is -0.670. The van der Waals surface area contributed by atoms with Gasteiger partial charge in [-0.3, -0.25) is 5.32 Å². The molecule has 0 amide bonds. The Labute approximate surface area is 116 Å². The van der Waals surface area contributed by atoms with Crippen LogP contribution in [0.4, 0.5) is 0 Å². The average Bonchev–Trinajstić information content (AvgIpc) is 2.77. The number of nitrogens with zero attached hydrogens (tertiary/aromatic N) is 1. The van der Waals surface area contributed by atoms with E-state index in [-0.39, 0.29) is 6.10 Å². The zero-order valence-electron chi connectivity index (χ0n) is 12.3. The molecule has 1 aliphatic rings. The van der Waals surface area contributed by atoms with Crippen LogP contribution in [0, 0.1) is 11.3 Å². The fraction of sp³-hybridized carbons (Fsp3) is 0.929. The lowest BCUT2D eigenvalue weighted by atomic mass is 9.98. The zero-order chi connectivity index (χ0) is 14.1. The Morgan fingerprint density at radius 2 is 2.05 bits per heavy atom. The van der Waals surface area contributed by atoms with E-state index >= 15 is 0 Å². The zero-order valence-corrected chi connectivity index (χ0v) is 12.3. The Balaban J connectivity index is 2.19. The minimum Gasteiger partial charge on any atom is -0.382 e. The van der Waals surface area contributed by atoms with Gasteiger partial charge in [0.25, 0.3) is 0 Å². The van der Waals surface area contributed by atoms with Crippen LogP contribution in [-0.2, 0) is 14.2 Å². The summed E-state index contributed by atoms with van der Waals surface area (Å²) < 4.78 is 16.0. The molecule has 19 heavy (non-hydrogen) atoms. The van der Waals surface area contributed by atoms with Crippen molar-refractivity contribution in [2.45, 2.75) is 50.8 Å². The van der Waals surface area contributed by atoms with Crippen LogP contribution in [-0.4, -0.2) is 51.2 Å². The van der Waals surface area contributed by atoms with Gasteiger partial charge in [-0.15, -0.1) is 0 Å². The summed E-state index contributed by atoms with van der Waals surface area (Å²) >= 11 is 0. The third-order valence-electron chi connectivity index (χ3n) is 3.26. The SMILES string of the molecule is COCCOCCOC1CCC(C#N)(NC(C)C)C1. The van der Waals surface area contributed by atoms with Crippen LogP contribution in [0.25, 0.3) is 0 Å². The maximum absolute atomic E-state index is 9.35. The number of nitriles is 1. The van der Waals surface area contributed by atoms with Crippen molar-refractivity contribution in [3.05, 3.63) is 0 Å². The summed E-state index contributed by atoms with van der Waals surface area (Å²) in [7, 11) is 1.65. The topological polar surface area (TPSA) is 63.5 Å². The number of ether oxygens (including phenoxy) is 3.